The number of nitrogens with one attached hydrogen (secondary N) is 1. The van der Waals surface area contributed by atoms with E-state index in [1.54, 1.807) is 6.07 Å². The van der Waals surface area contributed by atoms with Crippen LogP contribution in [0, 0.1) is 11.3 Å². The number of sulfonamides is 1. The lowest BCUT2D eigenvalue weighted by Crippen LogP contribution is -2.25. The van der Waals surface area contributed by atoms with Gasteiger partial charge in [0.25, 0.3) is 0 Å². The number of methoxy groups -OCH3 is 2. The average molecular weight is 335 g/mol. The van der Waals surface area contributed by atoms with Gasteiger partial charge in [-0.05, 0) is 12.1 Å². The molecule has 0 aliphatic heterocycles. The summed E-state index contributed by atoms with van der Waals surface area (Å²) in [6, 6.07) is 7.72. The molecule has 2 aromatic rings. The van der Waals surface area contributed by atoms with E-state index < -0.39 is 10.0 Å². The summed E-state index contributed by atoms with van der Waals surface area (Å²) in [5.41, 5.74) is 0.0470. The van der Waals surface area contributed by atoms with Crippen molar-refractivity contribution in [3.05, 3.63) is 35.7 Å². The highest BCUT2D eigenvalue weighted by Gasteiger charge is 2.19. The fourth-order valence-corrected chi connectivity index (χ4v) is 2.81. The number of nitriles is 1. The maximum Gasteiger partial charge on any atom is 0.322 e. The molecule has 1 heterocycles. The molecule has 0 aliphatic rings. The van der Waals surface area contributed by atoms with Crippen LogP contribution in [0.15, 0.2) is 29.2 Å². The molecular formula is C13H13N5O4S. The quantitative estimate of drug-likeness (QED) is 0.795. The Morgan fingerprint density at radius 1 is 1.13 bits per heavy atom. The monoisotopic (exact) mass is 335 g/mol. The van der Waals surface area contributed by atoms with Gasteiger partial charge in [-0.15, -0.1) is 4.98 Å². The lowest BCUT2D eigenvalue weighted by Gasteiger charge is -2.08. The van der Waals surface area contributed by atoms with E-state index in [4.69, 9.17) is 14.7 Å². The summed E-state index contributed by atoms with van der Waals surface area (Å²) in [5, 5.41) is 9.00. The van der Waals surface area contributed by atoms with E-state index >= 15 is 0 Å². The van der Waals surface area contributed by atoms with Crippen molar-refractivity contribution in [3.8, 4) is 18.1 Å². The summed E-state index contributed by atoms with van der Waals surface area (Å²) in [5.74, 6) is 0.117. The number of hydrogen-bond acceptors (Lipinski definition) is 8. The van der Waals surface area contributed by atoms with Gasteiger partial charge in [-0.2, -0.15) is 15.2 Å². The van der Waals surface area contributed by atoms with E-state index in [1.807, 2.05) is 6.07 Å². The highest BCUT2D eigenvalue weighted by atomic mass is 32.2. The zero-order chi connectivity index (χ0) is 16.9. The van der Waals surface area contributed by atoms with Gasteiger partial charge in [-0.25, -0.2) is 13.1 Å². The largest absolute Gasteiger partial charge is 0.467 e. The topological polar surface area (TPSA) is 127 Å². The van der Waals surface area contributed by atoms with Crippen LogP contribution in [0.3, 0.4) is 0 Å². The van der Waals surface area contributed by atoms with Crippen LogP contribution < -0.4 is 14.2 Å². The van der Waals surface area contributed by atoms with Crippen LogP contribution in [0.5, 0.6) is 12.0 Å². The molecule has 1 aromatic carbocycles. The zero-order valence-electron chi connectivity index (χ0n) is 12.3. The van der Waals surface area contributed by atoms with E-state index in [9.17, 15) is 8.42 Å². The Morgan fingerprint density at radius 3 is 2.30 bits per heavy atom. The Bertz CT molecular complexity index is 825. The third kappa shape index (κ3) is 3.91. The molecule has 2 rings (SSSR count). The maximum atomic E-state index is 12.3. The van der Waals surface area contributed by atoms with Crippen molar-refractivity contribution >= 4 is 10.0 Å². The number of hydrogen-bond donors (Lipinski definition) is 1. The van der Waals surface area contributed by atoms with E-state index in [2.05, 4.69) is 19.7 Å². The van der Waals surface area contributed by atoms with Crippen LogP contribution in [0.4, 0.5) is 0 Å². The molecule has 23 heavy (non-hydrogen) atoms. The van der Waals surface area contributed by atoms with E-state index in [0.29, 0.717) is 0 Å². The van der Waals surface area contributed by atoms with Gasteiger partial charge in [-0.1, -0.05) is 12.1 Å². The SMILES string of the molecule is COc1nc(CNS(=O)(=O)c2ccccc2C#N)nc(OC)n1. The molecule has 1 N–H and O–H groups in total. The van der Waals surface area contributed by atoms with Crippen molar-refractivity contribution in [2.24, 2.45) is 0 Å². The van der Waals surface area contributed by atoms with Crippen molar-refractivity contribution < 1.29 is 17.9 Å². The fraction of sp³-hybridized carbons (Fsp3) is 0.231. The van der Waals surface area contributed by atoms with Crippen LogP contribution in [0.2, 0.25) is 0 Å². The zero-order valence-corrected chi connectivity index (χ0v) is 13.2. The molecule has 0 spiro atoms. The Labute approximate surface area is 133 Å². The smallest absolute Gasteiger partial charge is 0.322 e. The van der Waals surface area contributed by atoms with Crippen molar-refractivity contribution in [3.63, 3.8) is 0 Å². The Balaban J connectivity index is 2.25. The molecule has 120 valence electrons. The summed E-state index contributed by atoms with van der Waals surface area (Å²) in [6.07, 6.45) is 0. The first-order valence-corrected chi connectivity index (χ1v) is 7.80. The minimum Gasteiger partial charge on any atom is -0.467 e. The highest BCUT2D eigenvalue weighted by Crippen LogP contribution is 2.15. The highest BCUT2D eigenvalue weighted by molar-refractivity contribution is 7.89. The van der Waals surface area contributed by atoms with E-state index in [0.717, 1.165) is 0 Å². The minimum absolute atomic E-state index is 0.00322. The third-order valence-corrected chi connectivity index (χ3v) is 4.18. The van der Waals surface area contributed by atoms with Crippen molar-refractivity contribution in [1.82, 2.24) is 19.7 Å². The molecule has 0 amide bonds. The number of rotatable bonds is 6. The van der Waals surface area contributed by atoms with Crippen LogP contribution in [0.25, 0.3) is 0 Å². The molecule has 0 bridgehead atoms. The van der Waals surface area contributed by atoms with Crippen LogP contribution in [-0.4, -0.2) is 37.6 Å². The number of benzene rings is 1. The average Bonchev–Trinajstić information content (AvgIpc) is 2.59. The van der Waals surface area contributed by atoms with Gasteiger partial charge in [0.2, 0.25) is 10.0 Å². The van der Waals surface area contributed by atoms with Crippen molar-refractivity contribution in [2.75, 3.05) is 14.2 Å². The first-order valence-electron chi connectivity index (χ1n) is 6.32. The fourth-order valence-electron chi connectivity index (χ4n) is 1.67. The van der Waals surface area contributed by atoms with Gasteiger partial charge in [-0.3, -0.25) is 0 Å². The summed E-state index contributed by atoms with van der Waals surface area (Å²) >= 11 is 0. The molecule has 0 aliphatic carbocycles. The molecule has 0 saturated carbocycles. The molecular weight excluding hydrogens is 322 g/mol. The summed E-state index contributed by atoms with van der Waals surface area (Å²) in [7, 11) is -1.16. The normalized spacial score (nSPS) is 10.8. The first-order chi connectivity index (χ1) is 11.0. The predicted molar refractivity (Wildman–Crippen MR) is 78.1 cm³/mol. The summed E-state index contributed by atoms with van der Waals surface area (Å²) in [6.45, 7) is -0.211. The molecule has 0 unspecified atom stereocenters. The maximum absolute atomic E-state index is 12.3. The van der Waals surface area contributed by atoms with Crippen LogP contribution >= 0.6 is 0 Å². The van der Waals surface area contributed by atoms with Crippen LogP contribution in [-0.2, 0) is 16.6 Å². The van der Waals surface area contributed by atoms with Gasteiger partial charge in [0.05, 0.1) is 31.2 Å². The molecule has 0 radical (unpaired) electrons. The van der Waals surface area contributed by atoms with Gasteiger partial charge >= 0.3 is 12.0 Å². The Hall–Kier alpha value is -2.77. The predicted octanol–water partition coefficient (Wildman–Crippen LogP) is 0.239. The molecule has 0 saturated heterocycles. The minimum atomic E-state index is -3.89. The first kappa shape index (κ1) is 16.6. The molecule has 1 aromatic heterocycles. The summed E-state index contributed by atoms with van der Waals surface area (Å²) < 4.78 is 36.7. The second kappa shape index (κ2) is 6.99. The van der Waals surface area contributed by atoms with Gasteiger partial charge < -0.3 is 9.47 Å². The molecule has 0 atom stereocenters. The Kier molecular flexibility index (Phi) is 5.05. The van der Waals surface area contributed by atoms with Gasteiger partial charge in [0.1, 0.15) is 6.07 Å². The second-order valence-corrected chi connectivity index (χ2v) is 5.89. The lowest BCUT2D eigenvalue weighted by molar-refractivity contribution is 0.336. The third-order valence-electron chi connectivity index (χ3n) is 2.72. The number of ether oxygens (including phenoxy) is 2. The molecule has 10 heteroatoms. The standard InChI is InChI=1S/C13H13N5O4S/c1-21-12-16-11(17-13(18-12)22-2)8-15-23(19,20)10-6-4-3-5-9(10)7-14/h3-6,15H,8H2,1-2H3. The lowest BCUT2D eigenvalue weighted by atomic mass is 10.2. The number of nitrogens with zero attached hydrogens (tertiary/aromatic N) is 4. The second-order valence-electron chi connectivity index (χ2n) is 4.16. The molecule has 0 fully saturated rings. The Morgan fingerprint density at radius 2 is 1.74 bits per heavy atom. The summed E-state index contributed by atoms with van der Waals surface area (Å²) in [4.78, 5) is 11.5. The molecule has 9 nitrogen and oxygen atoms in total. The number of aromatic nitrogens is 3. The van der Waals surface area contributed by atoms with Gasteiger partial charge in [0.15, 0.2) is 5.82 Å². The van der Waals surface area contributed by atoms with Gasteiger partial charge in [0, 0.05) is 0 Å². The van der Waals surface area contributed by atoms with Crippen molar-refractivity contribution in [1.29, 1.82) is 5.26 Å². The van der Waals surface area contributed by atoms with E-state index in [-0.39, 0.29) is 34.8 Å². The van der Waals surface area contributed by atoms with Crippen molar-refractivity contribution in [2.45, 2.75) is 11.4 Å². The van der Waals surface area contributed by atoms with Crippen LogP contribution in [0.1, 0.15) is 11.4 Å². The van der Waals surface area contributed by atoms with E-state index in [1.165, 1.54) is 32.4 Å².